The minimum Gasteiger partial charge on any atom is -0.493 e. The predicted octanol–water partition coefficient (Wildman–Crippen LogP) is 4.54. The summed E-state index contributed by atoms with van der Waals surface area (Å²) in [6, 6.07) is 9.58. The number of hydrogen-bond acceptors (Lipinski definition) is 4. The summed E-state index contributed by atoms with van der Waals surface area (Å²) in [5.74, 6) is 1.18. The Morgan fingerprint density at radius 2 is 1.73 bits per heavy atom. The molecule has 0 N–H and O–H groups in total. The highest BCUT2D eigenvalue weighted by atomic mass is 35.5. The maximum absolute atomic E-state index is 13.1. The average molecular weight is 416 g/mol. The van der Waals surface area contributed by atoms with Crippen molar-refractivity contribution >= 4 is 33.2 Å². The molecule has 5 nitrogen and oxygen atoms in total. The summed E-state index contributed by atoms with van der Waals surface area (Å²) < 4.78 is 38.4. The summed E-state index contributed by atoms with van der Waals surface area (Å²) in [6.07, 6.45) is 1.51. The minimum absolute atomic E-state index is 0.138. The van der Waals surface area contributed by atoms with E-state index in [1.807, 2.05) is 12.1 Å². The van der Waals surface area contributed by atoms with Gasteiger partial charge in [0.1, 0.15) is 0 Å². The Bertz CT molecular complexity index is 917. The zero-order valence-corrected chi connectivity index (χ0v) is 16.7. The Kier molecular flexibility index (Phi) is 5.67. The summed E-state index contributed by atoms with van der Waals surface area (Å²) in [5, 5.41) is 0.540. The van der Waals surface area contributed by atoms with E-state index in [0.29, 0.717) is 23.1 Å². The highest BCUT2D eigenvalue weighted by Gasteiger charge is 2.36. The molecule has 1 saturated heterocycles. The van der Waals surface area contributed by atoms with E-state index in [0.717, 1.165) is 18.4 Å². The van der Waals surface area contributed by atoms with Crippen LogP contribution in [0.15, 0.2) is 41.3 Å². The van der Waals surface area contributed by atoms with Crippen molar-refractivity contribution in [2.24, 2.45) is 0 Å². The molecule has 1 unspecified atom stereocenters. The van der Waals surface area contributed by atoms with Crippen LogP contribution in [0, 0.1) is 0 Å². The van der Waals surface area contributed by atoms with Gasteiger partial charge in [0.05, 0.1) is 35.2 Å². The molecule has 1 aliphatic rings. The Hall–Kier alpha value is -1.47. The van der Waals surface area contributed by atoms with Gasteiger partial charge in [-0.05, 0) is 48.7 Å². The third-order valence-electron chi connectivity index (χ3n) is 4.49. The van der Waals surface area contributed by atoms with Crippen LogP contribution in [0.25, 0.3) is 0 Å². The lowest BCUT2D eigenvalue weighted by Crippen LogP contribution is -2.30. The first kappa shape index (κ1) is 19.3. The van der Waals surface area contributed by atoms with Gasteiger partial charge in [-0.2, -0.15) is 4.31 Å². The van der Waals surface area contributed by atoms with E-state index in [2.05, 4.69) is 0 Å². The van der Waals surface area contributed by atoms with Crippen LogP contribution in [-0.2, 0) is 10.0 Å². The molecule has 1 heterocycles. The van der Waals surface area contributed by atoms with Crippen molar-refractivity contribution in [2.45, 2.75) is 23.8 Å². The first-order valence-corrected chi connectivity index (χ1v) is 10.3. The molecule has 2 aromatic carbocycles. The Balaban J connectivity index is 1.98. The van der Waals surface area contributed by atoms with Crippen molar-refractivity contribution in [3.8, 4) is 11.5 Å². The number of benzene rings is 2. The molecule has 2 aromatic rings. The smallest absolute Gasteiger partial charge is 0.243 e. The van der Waals surface area contributed by atoms with E-state index in [4.69, 9.17) is 32.7 Å². The molecule has 140 valence electrons. The van der Waals surface area contributed by atoms with Gasteiger partial charge in [0.15, 0.2) is 11.5 Å². The van der Waals surface area contributed by atoms with Crippen molar-refractivity contribution in [2.75, 3.05) is 20.8 Å². The summed E-state index contributed by atoms with van der Waals surface area (Å²) in [6.45, 7) is 0.446. The number of methoxy groups -OCH3 is 2. The number of rotatable bonds is 5. The summed E-state index contributed by atoms with van der Waals surface area (Å²) in [4.78, 5) is 0.138. The lowest BCUT2D eigenvalue weighted by molar-refractivity contribution is 0.351. The van der Waals surface area contributed by atoms with E-state index in [1.165, 1.54) is 22.5 Å². The lowest BCUT2D eigenvalue weighted by Gasteiger charge is -2.25. The zero-order valence-electron chi connectivity index (χ0n) is 14.4. The van der Waals surface area contributed by atoms with Crippen LogP contribution >= 0.6 is 23.2 Å². The predicted molar refractivity (Wildman–Crippen MR) is 102 cm³/mol. The van der Waals surface area contributed by atoms with Crippen molar-refractivity contribution in [1.82, 2.24) is 4.31 Å². The molecule has 1 atom stereocenters. The van der Waals surface area contributed by atoms with Gasteiger partial charge in [-0.25, -0.2) is 8.42 Å². The van der Waals surface area contributed by atoms with Gasteiger partial charge in [0.2, 0.25) is 10.0 Å². The molecule has 1 fully saturated rings. The molecule has 8 heteroatoms. The molecular weight excluding hydrogens is 397 g/mol. The van der Waals surface area contributed by atoms with E-state index in [-0.39, 0.29) is 16.0 Å². The van der Waals surface area contributed by atoms with Crippen LogP contribution in [0.2, 0.25) is 10.0 Å². The molecule has 0 bridgehead atoms. The van der Waals surface area contributed by atoms with Gasteiger partial charge in [-0.1, -0.05) is 29.3 Å². The summed E-state index contributed by atoms with van der Waals surface area (Å²) >= 11 is 11.9. The van der Waals surface area contributed by atoms with Gasteiger partial charge < -0.3 is 9.47 Å². The van der Waals surface area contributed by atoms with E-state index in [9.17, 15) is 8.42 Å². The molecule has 0 aromatic heterocycles. The van der Waals surface area contributed by atoms with Gasteiger partial charge >= 0.3 is 0 Å². The van der Waals surface area contributed by atoms with E-state index in [1.54, 1.807) is 20.3 Å². The highest BCUT2D eigenvalue weighted by Crippen LogP contribution is 2.40. The molecule has 0 saturated carbocycles. The van der Waals surface area contributed by atoms with Gasteiger partial charge in [-0.15, -0.1) is 0 Å². The SMILES string of the molecule is COc1ccc(C2CCCN2S(=O)(=O)c2ccc(Cl)c(Cl)c2)cc1OC. The molecule has 26 heavy (non-hydrogen) atoms. The lowest BCUT2D eigenvalue weighted by atomic mass is 10.0. The fourth-order valence-corrected chi connectivity index (χ4v) is 5.27. The number of nitrogens with zero attached hydrogens (tertiary/aromatic N) is 1. The highest BCUT2D eigenvalue weighted by molar-refractivity contribution is 7.89. The molecule has 0 radical (unpaired) electrons. The van der Waals surface area contributed by atoms with Crippen LogP contribution < -0.4 is 9.47 Å². The maximum atomic E-state index is 13.1. The van der Waals surface area contributed by atoms with Crippen LogP contribution in [-0.4, -0.2) is 33.5 Å². The van der Waals surface area contributed by atoms with Crippen molar-refractivity contribution < 1.29 is 17.9 Å². The topological polar surface area (TPSA) is 55.8 Å². The van der Waals surface area contributed by atoms with Crippen LogP contribution in [0.4, 0.5) is 0 Å². The van der Waals surface area contributed by atoms with Crippen molar-refractivity contribution in [3.05, 3.63) is 52.0 Å². The van der Waals surface area contributed by atoms with Gasteiger partial charge in [-0.3, -0.25) is 0 Å². The quantitative estimate of drug-likeness (QED) is 0.719. The standard InChI is InChI=1S/C18H19Cl2NO4S/c1-24-17-8-5-12(10-18(17)25-2)16-4-3-9-21(16)26(22,23)13-6-7-14(19)15(20)11-13/h5-8,10-11,16H,3-4,9H2,1-2H3. The normalized spacial score (nSPS) is 18.1. The zero-order chi connectivity index (χ0) is 18.9. The maximum Gasteiger partial charge on any atom is 0.243 e. The second kappa shape index (κ2) is 7.64. The van der Waals surface area contributed by atoms with Gasteiger partial charge in [0, 0.05) is 6.54 Å². The number of halogens is 2. The average Bonchev–Trinajstić information content (AvgIpc) is 3.14. The first-order chi connectivity index (χ1) is 12.4. The van der Waals surface area contributed by atoms with Crippen molar-refractivity contribution in [1.29, 1.82) is 0 Å². The summed E-state index contributed by atoms with van der Waals surface area (Å²) in [7, 11) is -0.573. The number of sulfonamides is 1. The fraction of sp³-hybridized carbons (Fsp3) is 0.333. The van der Waals surface area contributed by atoms with E-state index >= 15 is 0 Å². The van der Waals surface area contributed by atoms with Crippen LogP contribution in [0.5, 0.6) is 11.5 Å². The third kappa shape index (κ3) is 3.51. The molecular formula is C18H19Cl2NO4S. The monoisotopic (exact) mass is 415 g/mol. The number of ether oxygens (including phenoxy) is 2. The number of hydrogen-bond donors (Lipinski definition) is 0. The Labute approximate surface area is 163 Å². The first-order valence-electron chi connectivity index (χ1n) is 8.07. The molecule has 1 aliphatic heterocycles. The molecule has 0 aliphatic carbocycles. The third-order valence-corrected chi connectivity index (χ3v) is 7.14. The van der Waals surface area contributed by atoms with Crippen LogP contribution in [0.1, 0.15) is 24.4 Å². The molecule has 3 rings (SSSR count). The largest absolute Gasteiger partial charge is 0.493 e. The van der Waals surface area contributed by atoms with Gasteiger partial charge in [0.25, 0.3) is 0 Å². The van der Waals surface area contributed by atoms with E-state index < -0.39 is 10.0 Å². The Morgan fingerprint density at radius 1 is 1.00 bits per heavy atom. The molecule has 0 amide bonds. The minimum atomic E-state index is -3.69. The van der Waals surface area contributed by atoms with Crippen molar-refractivity contribution in [3.63, 3.8) is 0 Å². The Morgan fingerprint density at radius 3 is 2.38 bits per heavy atom. The summed E-state index contributed by atoms with van der Waals surface area (Å²) in [5.41, 5.74) is 0.865. The molecule has 0 spiro atoms. The second-order valence-corrected chi connectivity index (χ2v) is 8.67. The second-order valence-electron chi connectivity index (χ2n) is 5.96. The fourth-order valence-electron chi connectivity index (χ4n) is 3.19. The van der Waals surface area contributed by atoms with Crippen LogP contribution in [0.3, 0.4) is 0 Å².